The van der Waals surface area contributed by atoms with Gasteiger partial charge in [-0.05, 0) is 38.5 Å². The molecule has 162 valence electrons. The topological polar surface area (TPSA) is 91.7 Å². The van der Waals surface area contributed by atoms with E-state index in [1.807, 2.05) is 11.6 Å². The fourth-order valence-electron chi connectivity index (χ4n) is 3.85. The normalized spacial score (nSPS) is 19.1. The number of nitrogens with zero attached hydrogens (tertiary/aromatic N) is 2. The minimum Gasteiger partial charge on any atom is -0.465 e. The lowest BCUT2D eigenvalue weighted by Gasteiger charge is -2.20. The first-order chi connectivity index (χ1) is 14.2. The van der Waals surface area contributed by atoms with Gasteiger partial charge in [-0.15, -0.1) is 0 Å². The van der Waals surface area contributed by atoms with Crippen LogP contribution in [-0.2, 0) is 38.4 Å². The van der Waals surface area contributed by atoms with Gasteiger partial charge in [-0.3, -0.25) is 14.3 Å². The van der Waals surface area contributed by atoms with Crippen LogP contribution in [0.4, 0.5) is 0 Å². The summed E-state index contributed by atoms with van der Waals surface area (Å²) in [6, 6.07) is 0. The van der Waals surface area contributed by atoms with E-state index in [9.17, 15) is 9.59 Å². The zero-order chi connectivity index (χ0) is 20.5. The Hall–Kier alpha value is -1.93. The van der Waals surface area contributed by atoms with Crippen molar-refractivity contribution in [2.45, 2.75) is 58.4 Å². The smallest absolute Gasteiger partial charge is 0.309 e. The van der Waals surface area contributed by atoms with Crippen LogP contribution in [0.2, 0.25) is 0 Å². The minimum absolute atomic E-state index is 0.0412. The van der Waals surface area contributed by atoms with Gasteiger partial charge in [-0.25, -0.2) is 0 Å². The van der Waals surface area contributed by atoms with E-state index in [0.717, 1.165) is 43.5 Å². The fraction of sp³-hybridized carbons (Fsp3) is 0.762. The molecule has 1 aromatic heterocycles. The molecule has 0 aliphatic carbocycles. The Bertz CT molecular complexity index is 682. The molecule has 1 saturated heterocycles. The van der Waals surface area contributed by atoms with Crippen molar-refractivity contribution in [3.05, 3.63) is 17.0 Å². The molecule has 0 unspecified atom stereocenters. The van der Waals surface area contributed by atoms with Crippen molar-refractivity contribution in [1.82, 2.24) is 15.1 Å². The molecular weight excluding hydrogens is 374 g/mol. The second-order valence-electron chi connectivity index (χ2n) is 7.58. The Morgan fingerprint density at radius 1 is 1.21 bits per heavy atom. The molecule has 0 radical (unpaired) electrons. The predicted octanol–water partition coefficient (Wildman–Crippen LogP) is 1.89. The fourth-order valence-corrected chi connectivity index (χ4v) is 3.85. The van der Waals surface area contributed by atoms with Gasteiger partial charge < -0.3 is 19.5 Å². The van der Waals surface area contributed by atoms with E-state index in [1.54, 1.807) is 0 Å². The van der Waals surface area contributed by atoms with E-state index in [-0.39, 0.29) is 17.8 Å². The first kappa shape index (κ1) is 21.8. The van der Waals surface area contributed by atoms with Crippen molar-refractivity contribution < 1.29 is 23.8 Å². The van der Waals surface area contributed by atoms with Crippen LogP contribution in [0, 0.1) is 5.92 Å². The van der Waals surface area contributed by atoms with Crippen molar-refractivity contribution in [3.8, 4) is 0 Å². The van der Waals surface area contributed by atoms with Crippen LogP contribution >= 0.6 is 0 Å². The number of carbonyl (C=O) groups excluding carboxylic acids is 2. The number of amides is 1. The Balaban J connectivity index is 1.61. The summed E-state index contributed by atoms with van der Waals surface area (Å²) in [7, 11) is 0. The van der Waals surface area contributed by atoms with Gasteiger partial charge in [-0.1, -0.05) is 6.92 Å². The number of hydrogen-bond acceptors (Lipinski definition) is 6. The maximum absolute atomic E-state index is 12.7. The molecular formula is C21H33N3O5. The number of nitrogens with one attached hydrogen (secondary N) is 1. The van der Waals surface area contributed by atoms with E-state index in [1.165, 1.54) is 0 Å². The van der Waals surface area contributed by atoms with Crippen LogP contribution in [0.5, 0.6) is 0 Å². The van der Waals surface area contributed by atoms with Gasteiger partial charge in [0, 0.05) is 45.9 Å². The summed E-state index contributed by atoms with van der Waals surface area (Å²) in [4.78, 5) is 24.9. The van der Waals surface area contributed by atoms with E-state index in [0.29, 0.717) is 64.5 Å². The predicted molar refractivity (Wildman–Crippen MR) is 107 cm³/mol. The number of aromatic nitrogens is 2. The molecule has 1 aromatic rings. The highest BCUT2D eigenvalue weighted by atomic mass is 16.5. The summed E-state index contributed by atoms with van der Waals surface area (Å²) >= 11 is 0. The molecule has 3 rings (SSSR count). The lowest BCUT2D eigenvalue weighted by Crippen LogP contribution is -2.26. The van der Waals surface area contributed by atoms with Crippen LogP contribution in [0.1, 0.15) is 60.8 Å². The molecule has 1 amide bonds. The molecule has 3 heterocycles. The van der Waals surface area contributed by atoms with Crippen LogP contribution in [0.3, 0.4) is 0 Å². The number of aryl methyl sites for hydroxylation is 2. The molecule has 0 aromatic carbocycles. The van der Waals surface area contributed by atoms with Gasteiger partial charge in [0.2, 0.25) is 0 Å². The Morgan fingerprint density at radius 2 is 1.97 bits per heavy atom. The van der Waals surface area contributed by atoms with Gasteiger partial charge in [-0.2, -0.15) is 5.10 Å². The summed E-state index contributed by atoms with van der Waals surface area (Å²) in [5.74, 6) is -0.213. The Morgan fingerprint density at radius 3 is 2.76 bits per heavy atom. The van der Waals surface area contributed by atoms with Gasteiger partial charge >= 0.3 is 5.97 Å². The van der Waals surface area contributed by atoms with Crippen molar-refractivity contribution >= 4 is 11.9 Å². The number of esters is 1. The van der Waals surface area contributed by atoms with Crippen LogP contribution in [0.15, 0.2) is 0 Å². The zero-order valence-corrected chi connectivity index (χ0v) is 17.4. The van der Waals surface area contributed by atoms with Gasteiger partial charge in [0.25, 0.3) is 5.91 Å². The van der Waals surface area contributed by atoms with Crippen molar-refractivity contribution in [1.29, 1.82) is 0 Å². The number of fused-ring (bicyclic) bond motifs is 1. The molecule has 1 fully saturated rings. The lowest BCUT2D eigenvalue weighted by atomic mass is 10.0. The second kappa shape index (κ2) is 11.3. The van der Waals surface area contributed by atoms with Gasteiger partial charge in [0.05, 0.1) is 29.5 Å². The summed E-state index contributed by atoms with van der Waals surface area (Å²) in [5, 5.41) is 7.68. The quantitative estimate of drug-likeness (QED) is 0.572. The summed E-state index contributed by atoms with van der Waals surface area (Å²) in [5.41, 5.74) is 2.51. The number of ether oxygens (including phenoxy) is 3. The van der Waals surface area contributed by atoms with Crippen LogP contribution in [-0.4, -0.2) is 61.2 Å². The Labute approximate surface area is 172 Å². The third-order valence-electron chi connectivity index (χ3n) is 5.46. The van der Waals surface area contributed by atoms with E-state index in [4.69, 9.17) is 19.3 Å². The highest BCUT2D eigenvalue weighted by Crippen LogP contribution is 2.19. The standard InChI is InChI=1S/C21H33N3O5/c1-2-17-19-18(6-3-11-27-12-4-9-22-20(19)25)24(23-17)10-5-13-29-21(26)16-7-14-28-15-8-16/h16H,2-15H2,1H3,(H,22,25). The summed E-state index contributed by atoms with van der Waals surface area (Å²) in [6.07, 6.45) is 5.27. The van der Waals surface area contributed by atoms with Crippen LogP contribution < -0.4 is 5.32 Å². The monoisotopic (exact) mass is 407 g/mol. The second-order valence-corrected chi connectivity index (χ2v) is 7.58. The largest absolute Gasteiger partial charge is 0.465 e. The summed E-state index contributed by atoms with van der Waals surface area (Å²) < 4.78 is 18.3. The minimum atomic E-state index is -0.126. The van der Waals surface area contributed by atoms with E-state index < -0.39 is 0 Å². The number of rotatable bonds is 6. The molecule has 8 heteroatoms. The molecule has 0 bridgehead atoms. The lowest BCUT2D eigenvalue weighted by molar-refractivity contribution is -0.151. The van der Waals surface area contributed by atoms with Crippen molar-refractivity contribution in [3.63, 3.8) is 0 Å². The first-order valence-corrected chi connectivity index (χ1v) is 10.9. The van der Waals surface area contributed by atoms with Gasteiger partial charge in [0.15, 0.2) is 0 Å². The van der Waals surface area contributed by atoms with Crippen molar-refractivity contribution in [2.75, 3.05) is 39.6 Å². The van der Waals surface area contributed by atoms with Crippen molar-refractivity contribution in [2.24, 2.45) is 5.92 Å². The third kappa shape index (κ3) is 6.02. The molecule has 0 spiro atoms. The maximum atomic E-state index is 12.7. The first-order valence-electron chi connectivity index (χ1n) is 10.9. The summed E-state index contributed by atoms with van der Waals surface area (Å²) in [6.45, 7) is 6.22. The average molecular weight is 408 g/mol. The maximum Gasteiger partial charge on any atom is 0.309 e. The highest BCUT2D eigenvalue weighted by molar-refractivity contribution is 5.96. The SMILES string of the molecule is CCc1nn(CCCOC(=O)C2CCOCC2)c2c1C(=O)NCCCOCCC2. The average Bonchev–Trinajstić information content (AvgIpc) is 3.08. The van der Waals surface area contributed by atoms with Crippen LogP contribution in [0.25, 0.3) is 0 Å². The Kier molecular flexibility index (Phi) is 8.49. The molecule has 1 N–H and O–H groups in total. The zero-order valence-electron chi connectivity index (χ0n) is 17.4. The van der Waals surface area contributed by atoms with Gasteiger partial charge in [0.1, 0.15) is 0 Å². The van der Waals surface area contributed by atoms with E-state index >= 15 is 0 Å². The van der Waals surface area contributed by atoms with E-state index in [2.05, 4.69) is 5.32 Å². The molecule has 0 atom stereocenters. The molecule has 2 aliphatic rings. The third-order valence-corrected chi connectivity index (χ3v) is 5.46. The molecule has 2 aliphatic heterocycles. The molecule has 29 heavy (non-hydrogen) atoms. The molecule has 8 nitrogen and oxygen atoms in total. The number of hydrogen-bond donors (Lipinski definition) is 1. The number of carbonyl (C=O) groups is 2. The molecule has 0 saturated carbocycles. The highest BCUT2D eigenvalue weighted by Gasteiger charge is 2.24.